The van der Waals surface area contributed by atoms with Crippen molar-refractivity contribution in [2.45, 2.75) is 44.9 Å². The van der Waals surface area contributed by atoms with E-state index in [9.17, 15) is 0 Å². The van der Waals surface area contributed by atoms with Crippen molar-refractivity contribution >= 4 is 10.8 Å². The fourth-order valence-corrected chi connectivity index (χ4v) is 3.96. The quantitative estimate of drug-likeness (QED) is 0.511. The van der Waals surface area contributed by atoms with Crippen LogP contribution in [-0.2, 0) is 0 Å². The van der Waals surface area contributed by atoms with Gasteiger partial charge in [0.2, 0.25) is 0 Å². The Morgan fingerprint density at radius 2 is 1.77 bits per heavy atom. The molecule has 2 heterocycles. The Morgan fingerprint density at radius 1 is 0.846 bits per heavy atom. The van der Waals surface area contributed by atoms with Gasteiger partial charge in [-0.1, -0.05) is 44.2 Å². The van der Waals surface area contributed by atoms with Crippen molar-refractivity contribution in [1.29, 1.82) is 0 Å². The van der Waals surface area contributed by atoms with Crippen LogP contribution in [0.15, 0.2) is 55.1 Å². The first-order valence-electron chi connectivity index (χ1n) is 9.80. The standard InChI is InChI=1S/C23H26N2O/c1-2-5-18(6-3-1)7-4-12-26-23-14-22(16-25-17-23)19-8-9-21-15-24-11-10-20(21)13-19/h8-11,13-18H,1-7,12H2. The Balaban J connectivity index is 1.37. The first-order chi connectivity index (χ1) is 12.9. The summed E-state index contributed by atoms with van der Waals surface area (Å²) in [5, 5.41) is 2.34. The van der Waals surface area contributed by atoms with Gasteiger partial charge in [0.25, 0.3) is 0 Å². The van der Waals surface area contributed by atoms with E-state index in [0.717, 1.165) is 41.2 Å². The molecule has 134 valence electrons. The van der Waals surface area contributed by atoms with E-state index in [0.29, 0.717) is 0 Å². The molecule has 0 N–H and O–H groups in total. The number of benzene rings is 1. The van der Waals surface area contributed by atoms with Gasteiger partial charge in [-0.3, -0.25) is 9.97 Å². The van der Waals surface area contributed by atoms with Crippen LogP contribution in [0.4, 0.5) is 0 Å². The molecule has 3 aromatic rings. The van der Waals surface area contributed by atoms with Crippen LogP contribution >= 0.6 is 0 Å². The molecule has 26 heavy (non-hydrogen) atoms. The van der Waals surface area contributed by atoms with E-state index in [1.807, 2.05) is 30.9 Å². The molecule has 4 rings (SSSR count). The van der Waals surface area contributed by atoms with E-state index < -0.39 is 0 Å². The molecule has 1 aromatic carbocycles. The highest BCUT2D eigenvalue weighted by Crippen LogP contribution is 2.28. The maximum absolute atomic E-state index is 5.97. The van der Waals surface area contributed by atoms with Gasteiger partial charge in [-0.2, -0.15) is 0 Å². The van der Waals surface area contributed by atoms with Crippen molar-refractivity contribution in [2.24, 2.45) is 5.92 Å². The van der Waals surface area contributed by atoms with Crippen LogP contribution < -0.4 is 4.74 Å². The molecule has 0 unspecified atom stereocenters. The summed E-state index contributed by atoms with van der Waals surface area (Å²) in [7, 11) is 0. The first kappa shape index (κ1) is 17.0. The van der Waals surface area contributed by atoms with Crippen molar-refractivity contribution < 1.29 is 4.74 Å². The molecule has 0 saturated heterocycles. The largest absolute Gasteiger partial charge is 0.492 e. The highest BCUT2D eigenvalue weighted by atomic mass is 16.5. The third-order valence-electron chi connectivity index (χ3n) is 5.44. The zero-order valence-electron chi connectivity index (χ0n) is 15.2. The van der Waals surface area contributed by atoms with Gasteiger partial charge in [0.15, 0.2) is 0 Å². The van der Waals surface area contributed by atoms with E-state index >= 15 is 0 Å². The van der Waals surface area contributed by atoms with Crippen LogP contribution in [0.1, 0.15) is 44.9 Å². The number of hydrogen-bond donors (Lipinski definition) is 0. The number of aromatic nitrogens is 2. The second-order valence-corrected chi connectivity index (χ2v) is 7.34. The van der Waals surface area contributed by atoms with E-state index in [2.05, 4.69) is 34.2 Å². The summed E-state index contributed by atoms with van der Waals surface area (Å²) in [6.07, 6.45) is 17.0. The van der Waals surface area contributed by atoms with Crippen LogP contribution in [0.3, 0.4) is 0 Å². The summed E-state index contributed by atoms with van der Waals surface area (Å²) in [6.45, 7) is 0.783. The molecule has 0 amide bonds. The fourth-order valence-electron chi connectivity index (χ4n) is 3.96. The summed E-state index contributed by atoms with van der Waals surface area (Å²) in [5.74, 6) is 1.78. The maximum Gasteiger partial charge on any atom is 0.138 e. The van der Waals surface area contributed by atoms with Gasteiger partial charge in [0.05, 0.1) is 12.8 Å². The third kappa shape index (κ3) is 4.21. The molecule has 0 spiro atoms. The van der Waals surface area contributed by atoms with Crippen molar-refractivity contribution in [1.82, 2.24) is 9.97 Å². The molecule has 2 aromatic heterocycles. The molecule has 1 fully saturated rings. The minimum atomic E-state index is 0.783. The first-order valence-corrected chi connectivity index (χ1v) is 9.80. The Kier molecular flexibility index (Phi) is 5.44. The summed E-state index contributed by atoms with van der Waals surface area (Å²) in [6, 6.07) is 10.5. The average Bonchev–Trinajstić information content (AvgIpc) is 2.72. The molecule has 1 aliphatic rings. The van der Waals surface area contributed by atoms with Crippen LogP contribution in [0.5, 0.6) is 5.75 Å². The van der Waals surface area contributed by atoms with Crippen LogP contribution in [-0.4, -0.2) is 16.6 Å². The number of hydrogen-bond acceptors (Lipinski definition) is 3. The minimum Gasteiger partial charge on any atom is -0.492 e. The van der Waals surface area contributed by atoms with Gasteiger partial charge in [0, 0.05) is 29.5 Å². The monoisotopic (exact) mass is 346 g/mol. The molecule has 3 nitrogen and oxygen atoms in total. The Hall–Kier alpha value is -2.42. The van der Waals surface area contributed by atoms with Crippen molar-refractivity contribution in [3.8, 4) is 16.9 Å². The number of rotatable bonds is 6. The Bertz CT molecular complexity index is 855. The number of nitrogens with zero attached hydrogens (tertiary/aromatic N) is 2. The lowest BCUT2D eigenvalue weighted by atomic mass is 9.86. The predicted molar refractivity (Wildman–Crippen MR) is 106 cm³/mol. The molecule has 3 heteroatoms. The normalized spacial score (nSPS) is 15.2. The molecule has 0 aliphatic heterocycles. The highest BCUT2D eigenvalue weighted by Gasteiger charge is 2.12. The van der Waals surface area contributed by atoms with Gasteiger partial charge in [0.1, 0.15) is 5.75 Å². The summed E-state index contributed by atoms with van der Waals surface area (Å²) < 4.78 is 5.97. The van der Waals surface area contributed by atoms with E-state index in [4.69, 9.17) is 4.74 Å². The van der Waals surface area contributed by atoms with E-state index in [1.54, 1.807) is 0 Å². The van der Waals surface area contributed by atoms with Crippen molar-refractivity contribution in [3.05, 3.63) is 55.1 Å². The summed E-state index contributed by atoms with van der Waals surface area (Å²) in [5.41, 5.74) is 2.25. The number of pyridine rings is 2. The number of fused-ring (bicyclic) bond motifs is 1. The summed E-state index contributed by atoms with van der Waals surface area (Å²) in [4.78, 5) is 8.54. The van der Waals surface area contributed by atoms with Gasteiger partial charge >= 0.3 is 0 Å². The molecule has 1 saturated carbocycles. The Labute approximate surface area is 155 Å². The highest BCUT2D eigenvalue weighted by molar-refractivity contribution is 5.86. The zero-order chi connectivity index (χ0) is 17.6. The predicted octanol–water partition coefficient (Wildman–Crippen LogP) is 6.04. The molecule has 1 aliphatic carbocycles. The van der Waals surface area contributed by atoms with Gasteiger partial charge < -0.3 is 4.74 Å². The fraction of sp³-hybridized carbons (Fsp3) is 0.391. The molecule has 0 radical (unpaired) electrons. The lowest BCUT2D eigenvalue weighted by Crippen LogP contribution is -2.08. The topological polar surface area (TPSA) is 35.0 Å². The van der Waals surface area contributed by atoms with Crippen molar-refractivity contribution in [2.75, 3.05) is 6.61 Å². The lowest BCUT2D eigenvalue weighted by Gasteiger charge is -2.21. The van der Waals surface area contributed by atoms with Gasteiger partial charge in [-0.05, 0) is 47.9 Å². The molecule has 0 atom stereocenters. The van der Waals surface area contributed by atoms with E-state index in [-0.39, 0.29) is 0 Å². The second kappa shape index (κ2) is 8.31. The molecular weight excluding hydrogens is 320 g/mol. The van der Waals surface area contributed by atoms with Gasteiger partial charge in [-0.15, -0.1) is 0 Å². The van der Waals surface area contributed by atoms with E-state index in [1.165, 1.54) is 43.9 Å². The van der Waals surface area contributed by atoms with Crippen LogP contribution in [0.25, 0.3) is 21.9 Å². The molecule has 0 bridgehead atoms. The van der Waals surface area contributed by atoms with Crippen LogP contribution in [0.2, 0.25) is 0 Å². The summed E-state index contributed by atoms with van der Waals surface area (Å²) >= 11 is 0. The second-order valence-electron chi connectivity index (χ2n) is 7.34. The Morgan fingerprint density at radius 3 is 2.69 bits per heavy atom. The third-order valence-corrected chi connectivity index (χ3v) is 5.44. The zero-order valence-corrected chi connectivity index (χ0v) is 15.2. The average molecular weight is 346 g/mol. The maximum atomic E-state index is 5.97. The number of ether oxygens (including phenoxy) is 1. The van der Waals surface area contributed by atoms with Gasteiger partial charge in [-0.25, -0.2) is 0 Å². The lowest BCUT2D eigenvalue weighted by molar-refractivity contribution is 0.268. The minimum absolute atomic E-state index is 0.783. The SMILES string of the molecule is c1cc2cc(-c3cncc(OCCCC4CCCCC4)c3)ccc2cn1. The molecular formula is C23H26N2O. The smallest absolute Gasteiger partial charge is 0.138 e. The van der Waals surface area contributed by atoms with Crippen LogP contribution in [0, 0.1) is 5.92 Å². The van der Waals surface area contributed by atoms with Crippen molar-refractivity contribution in [3.63, 3.8) is 0 Å².